The smallest absolute Gasteiger partial charge is 0.207 e. The Hall–Kier alpha value is -0.580. The van der Waals surface area contributed by atoms with Crippen LogP contribution in [-0.2, 0) is 10.0 Å². The summed E-state index contributed by atoms with van der Waals surface area (Å²) in [6.45, 7) is 4.51. The van der Waals surface area contributed by atoms with Crippen LogP contribution in [0, 0.1) is 6.92 Å². The third-order valence-corrected chi connectivity index (χ3v) is 5.90. The maximum absolute atomic E-state index is 12.5. The molecule has 1 unspecified atom stereocenters. The van der Waals surface area contributed by atoms with Gasteiger partial charge in [0.25, 0.3) is 0 Å². The highest BCUT2D eigenvalue weighted by molar-refractivity contribution is 7.89. The molecule has 18 heavy (non-hydrogen) atoms. The van der Waals surface area contributed by atoms with E-state index in [-0.39, 0.29) is 6.04 Å². The molecule has 0 saturated carbocycles. The molecule has 1 fully saturated rings. The van der Waals surface area contributed by atoms with E-state index in [2.05, 4.69) is 0 Å². The van der Waals surface area contributed by atoms with Crippen molar-refractivity contribution < 1.29 is 8.42 Å². The monoisotopic (exact) mass is 287 g/mol. The average Bonchev–Trinajstić information content (AvgIpc) is 2.81. The molecule has 1 aliphatic heterocycles. The molecule has 2 rings (SSSR count). The lowest BCUT2D eigenvalue weighted by Gasteiger charge is -2.23. The van der Waals surface area contributed by atoms with E-state index in [1.54, 1.807) is 22.5 Å². The second-order valence-electron chi connectivity index (χ2n) is 4.73. The molecule has 1 heterocycles. The molecule has 0 N–H and O–H groups in total. The van der Waals surface area contributed by atoms with Crippen molar-refractivity contribution >= 4 is 21.6 Å². The first-order valence-electron chi connectivity index (χ1n) is 6.25. The largest absolute Gasteiger partial charge is 0.243 e. The Morgan fingerprint density at radius 1 is 1.44 bits per heavy atom. The lowest BCUT2D eigenvalue weighted by atomic mass is 10.2. The van der Waals surface area contributed by atoms with Gasteiger partial charge in [-0.25, -0.2) is 8.42 Å². The summed E-state index contributed by atoms with van der Waals surface area (Å²) in [5, 5.41) is 0.503. The topological polar surface area (TPSA) is 37.4 Å². The van der Waals surface area contributed by atoms with Crippen LogP contribution in [-0.4, -0.2) is 25.3 Å². The van der Waals surface area contributed by atoms with E-state index < -0.39 is 10.0 Å². The molecular formula is C13H18ClNO2S. The molecule has 5 heteroatoms. The summed E-state index contributed by atoms with van der Waals surface area (Å²) in [5.41, 5.74) is 0.893. The molecule has 3 nitrogen and oxygen atoms in total. The van der Waals surface area contributed by atoms with Crippen molar-refractivity contribution in [2.75, 3.05) is 6.54 Å². The molecule has 0 radical (unpaired) electrons. The predicted octanol–water partition coefficient (Wildman–Crippen LogP) is 3.21. The number of rotatable bonds is 3. The molecule has 0 bridgehead atoms. The summed E-state index contributed by atoms with van der Waals surface area (Å²) in [7, 11) is -3.39. The molecule has 0 aliphatic carbocycles. The van der Waals surface area contributed by atoms with Crippen LogP contribution >= 0.6 is 11.6 Å². The van der Waals surface area contributed by atoms with Crippen molar-refractivity contribution in [3.63, 3.8) is 0 Å². The van der Waals surface area contributed by atoms with Gasteiger partial charge in [0.05, 0.1) is 4.90 Å². The van der Waals surface area contributed by atoms with Crippen molar-refractivity contribution in [1.29, 1.82) is 0 Å². The number of hydrogen-bond donors (Lipinski definition) is 0. The number of aryl methyl sites for hydroxylation is 1. The Morgan fingerprint density at radius 3 is 2.78 bits per heavy atom. The first-order valence-corrected chi connectivity index (χ1v) is 8.06. The number of halogens is 1. The summed E-state index contributed by atoms with van der Waals surface area (Å²) in [4.78, 5) is 0.304. The number of sulfonamides is 1. The summed E-state index contributed by atoms with van der Waals surface area (Å²) in [5.74, 6) is 0. The van der Waals surface area contributed by atoms with Crippen molar-refractivity contribution in [1.82, 2.24) is 4.31 Å². The van der Waals surface area contributed by atoms with E-state index in [4.69, 9.17) is 11.6 Å². The highest BCUT2D eigenvalue weighted by Crippen LogP contribution is 2.29. The van der Waals surface area contributed by atoms with Gasteiger partial charge in [-0.2, -0.15) is 4.31 Å². The lowest BCUT2D eigenvalue weighted by molar-refractivity contribution is 0.379. The van der Waals surface area contributed by atoms with Crippen LogP contribution in [0.25, 0.3) is 0 Å². The zero-order valence-electron chi connectivity index (χ0n) is 10.7. The van der Waals surface area contributed by atoms with Crippen LogP contribution in [0.4, 0.5) is 0 Å². The van der Waals surface area contributed by atoms with Gasteiger partial charge in [0, 0.05) is 17.6 Å². The van der Waals surface area contributed by atoms with Crippen LogP contribution < -0.4 is 0 Å². The van der Waals surface area contributed by atoms with Crippen LogP contribution in [0.1, 0.15) is 31.7 Å². The SMILES string of the molecule is CCC1CCCN1S(=O)(=O)c1ccc(C)c(Cl)c1. The first kappa shape index (κ1) is 13.8. The third-order valence-electron chi connectivity index (χ3n) is 3.54. The Morgan fingerprint density at radius 2 is 2.17 bits per heavy atom. The second kappa shape index (κ2) is 5.19. The maximum atomic E-state index is 12.5. The van der Waals surface area contributed by atoms with Gasteiger partial charge in [-0.05, 0) is 43.9 Å². The van der Waals surface area contributed by atoms with Crippen molar-refractivity contribution in [3.8, 4) is 0 Å². The number of nitrogens with zero attached hydrogens (tertiary/aromatic N) is 1. The minimum absolute atomic E-state index is 0.134. The van der Waals surface area contributed by atoms with E-state index >= 15 is 0 Å². The minimum atomic E-state index is -3.39. The molecular weight excluding hydrogens is 270 g/mol. The van der Waals surface area contributed by atoms with Crippen LogP contribution in [0.15, 0.2) is 23.1 Å². The minimum Gasteiger partial charge on any atom is -0.207 e. The van der Waals surface area contributed by atoms with E-state index in [1.165, 1.54) is 0 Å². The highest BCUT2D eigenvalue weighted by atomic mass is 35.5. The maximum Gasteiger partial charge on any atom is 0.243 e. The Kier molecular flexibility index (Phi) is 3.99. The van der Waals surface area contributed by atoms with Gasteiger partial charge in [0.2, 0.25) is 10.0 Å². The zero-order chi connectivity index (χ0) is 13.3. The summed E-state index contributed by atoms with van der Waals surface area (Å²) >= 11 is 6.01. The fourth-order valence-corrected chi connectivity index (χ4v) is 4.44. The van der Waals surface area contributed by atoms with Gasteiger partial charge in [-0.3, -0.25) is 0 Å². The predicted molar refractivity (Wildman–Crippen MR) is 73.4 cm³/mol. The van der Waals surface area contributed by atoms with Gasteiger partial charge in [0.1, 0.15) is 0 Å². The standard InChI is InChI=1S/C13H18ClNO2S/c1-3-11-5-4-8-15(11)18(16,17)12-7-6-10(2)13(14)9-12/h6-7,9,11H,3-5,8H2,1-2H3. The number of benzene rings is 1. The normalized spacial score (nSPS) is 21.4. The van der Waals surface area contributed by atoms with Crippen LogP contribution in [0.5, 0.6) is 0 Å². The van der Waals surface area contributed by atoms with Gasteiger partial charge in [0.15, 0.2) is 0 Å². The van der Waals surface area contributed by atoms with Gasteiger partial charge in [-0.1, -0.05) is 24.6 Å². The molecule has 1 aromatic carbocycles. The summed E-state index contributed by atoms with van der Waals surface area (Å²) in [6.07, 6.45) is 2.76. The van der Waals surface area contributed by atoms with Crippen LogP contribution in [0.2, 0.25) is 5.02 Å². The third kappa shape index (κ3) is 2.42. The molecule has 1 saturated heterocycles. The Labute approximate surface area is 114 Å². The molecule has 0 amide bonds. The molecule has 100 valence electrons. The lowest BCUT2D eigenvalue weighted by Crippen LogP contribution is -2.35. The molecule has 1 aromatic rings. The summed E-state index contributed by atoms with van der Waals surface area (Å²) in [6, 6.07) is 5.08. The highest BCUT2D eigenvalue weighted by Gasteiger charge is 2.34. The fraction of sp³-hybridized carbons (Fsp3) is 0.538. The van der Waals surface area contributed by atoms with Crippen molar-refractivity contribution in [2.24, 2.45) is 0 Å². The van der Waals surface area contributed by atoms with Crippen molar-refractivity contribution in [3.05, 3.63) is 28.8 Å². The summed E-state index contributed by atoms with van der Waals surface area (Å²) < 4.78 is 26.7. The van der Waals surface area contributed by atoms with Gasteiger partial charge >= 0.3 is 0 Å². The van der Waals surface area contributed by atoms with E-state index in [9.17, 15) is 8.42 Å². The Balaban J connectivity index is 2.38. The average molecular weight is 288 g/mol. The van der Waals surface area contributed by atoms with E-state index in [0.29, 0.717) is 16.5 Å². The molecule has 0 aromatic heterocycles. The van der Waals surface area contributed by atoms with E-state index in [1.807, 2.05) is 13.8 Å². The zero-order valence-corrected chi connectivity index (χ0v) is 12.3. The first-order chi connectivity index (χ1) is 8.46. The van der Waals surface area contributed by atoms with Crippen LogP contribution in [0.3, 0.4) is 0 Å². The Bertz CT molecular complexity index is 542. The quantitative estimate of drug-likeness (QED) is 0.856. The number of hydrogen-bond acceptors (Lipinski definition) is 2. The molecule has 1 atom stereocenters. The van der Waals surface area contributed by atoms with Gasteiger partial charge < -0.3 is 0 Å². The van der Waals surface area contributed by atoms with Crippen molar-refractivity contribution in [2.45, 2.75) is 44.0 Å². The molecule has 1 aliphatic rings. The van der Waals surface area contributed by atoms with E-state index in [0.717, 1.165) is 24.8 Å². The second-order valence-corrected chi connectivity index (χ2v) is 7.03. The fourth-order valence-electron chi connectivity index (χ4n) is 2.40. The van der Waals surface area contributed by atoms with Gasteiger partial charge in [-0.15, -0.1) is 0 Å². The molecule has 0 spiro atoms.